The van der Waals surface area contributed by atoms with E-state index >= 15 is 0 Å². The van der Waals surface area contributed by atoms with Crippen LogP contribution in [0.3, 0.4) is 0 Å². The minimum absolute atomic E-state index is 0.116. The van der Waals surface area contributed by atoms with E-state index in [1.165, 1.54) is 0 Å². The highest BCUT2D eigenvalue weighted by molar-refractivity contribution is 5.97. The fraction of sp³-hybridized carbons (Fsp3) is 0.464. The third-order valence-electron chi connectivity index (χ3n) is 6.91. The van der Waals surface area contributed by atoms with Gasteiger partial charge < -0.3 is 19.3 Å². The summed E-state index contributed by atoms with van der Waals surface area (Å²) in [5, 5.41) is 2.69. The summed E-state index contributed by atoms with van der Waals surface area (Å²) in [6.07, 6.45) is 0.861. The fourth-order valence-corrected chi connectivity index (χ4v) is 5.16. The third kappa shape index (κ3) is 6.28. The molecule has 1 amide bonds. The number of Topliss-reactive ketones (excluding diaryl/α,β-unsaturated/α-hetero) is 1. The number of hydrogen-bond donors (Lipinski definition) is 1. The summed E-state index contributed by atoms with van der Waals surface area (Å²) in [5.74, 6) is -0.123. The molecule has 3 fully saturated rings. The molecule has 0 saturated carbocycles. The number of benzene rings is 2. The van der Waals surface area contributed by atoms with Gasteiger partial charge in [-0.1, -0.05) is 60.7 Å². The predicted octanol–water partition coefficient (Wildman–Crippen LogP) is 4.29. The van der Waals surface area contributed by atoms with Crippen molar-refractivity contribution in [2.24, 2.45) is 5.92 Å². The molecule has 186 valence electrons. The number of rotatable bonds is 7. The van der Waals surface area contributed by atoms with E-state index < -0.39 is 23.7 Å². The lowest BCUT2D eigenvalue weighted by molar-refractivity contribution is -0.938. The Labute approximate surface area is 207 Å². The van der Waals surface area contributed by atoms with Crippen LogP contribution in [0.1, 0.15) is 55.6 Å². The van der Waals surface area contributed by atoms with Gasteiger partial charge in [0.1, 0.15) is 18.7 Å². The molecule has 2 aromatic carbocycles. The molecule has 0 spiro atoms. The Morgan fingerprint density at radius 3 is 2.17 bits per heavy atom. The van der Waals surface area contributed by atoms with E-state index in [1.54, 1.807) is 32.9 Å². The highest BCUT2D eigenvalue weighted by Gasteiger charge is 2.49. The van der Waals surface area contributed by atoms with E-state index in [2.05, 4.69) is 5.32 Å². The summed E-state index contributed by atoms with van der Waals surface area (Å²) in [6, 6.07) is 17.4. The number of ether oxygens (including phenoxy) is 2. The zero-order chi connectivity index (χ0) is 25.1. The first kappa shape index (κ1) is 24.9. The highest BCUT2D eigenvalue weighted by Crippen LogP contribution is 2.36. The van der Waals surface area contributed by atoms with Crippen molar-refractivity contribution in [2.45, 2.75) is 51.4 Å². The molecule has 2 aromatic rings. The largest absolute Gasteiger partial charge is 0.454 e. The van der Waals surface area contributed by atoms with Crippen LogP contribution < -0.4 is 5.32 Å². The Kier molecular flexibility index (Phi) is 7.26. The Balaban J connectivity index is 1.46. The maximum Gasteiger partial charge on any atom is 0.408 e. The average molecular weight is 480 g/mol. The second-order valence-electron chi connectivity index (χ2n) is 10.7. The van der Waals surface area contributed by atoms with Gasteiger partial charge in [0.15, 0.2) is 12.1 Å². The summed E-state index contributed by atoms with van der Waals surface area (Å²) in [7, 11) is 0. The van der Waals surface area contributed by atoms with Crippen LogP contribution in [0.4, 0.5) is 4.79 Å². The number of esters is 1. The van der Waals surface area contributed by atoms with Crippen molar-refractivity contribution in [2.75, 3.05) is 26.2 Å². The Morgan fingerprint density at radius 1 is 0.971 bits per heavy atom. The van der Waals surface area contributed by atoms with Gasteiger partial charge in [0.2, 0.25) is 5.78 Å². The van der Waals surface area contributed by atoms with Gasteiger partial charge in [-0.25, -0.2) is 9.59 Å². The maximum atomic E-state index is 13.4. The molecule has 0 aromatic heterocycles. The monoisotopic (exact) mass is 479 g/mol. The van der Waals surface area contributed by atoms with Crippen LogP contribution in [0.25, 0.3) is 0 Å². The van der Waals surface area contributed by atoms with Crippen LogP contribution in [-0.2, 0) is 14.3 Å². The van der Waals surface area contributed by atoms with Crippen molar-refractivity contribution in [3.8, 4) is 0 Å². The van der Waals surface area contributed by atoms with E-state index in [-0.39, 0.29) is 17.8 Å². The molecule has 0 radical (unpaired) electrons. The number of piperidine rings is 3. The van der Waals surface area contributed by atoms with Crippen molar-refractivity contribution in [1.29, 1.82) is 0 Å². The molecular weight excluding hydrogens is 444 g/mol. The lowest BCUT2D eigenvalue weighted by Crippen LogP contribution is -2.66. The number of quaternary nitrogens is 1. The fourth-order valence-electron chi connectivity index (χ4n) is 5.16. The molecule has 5 rings (SSSR count). The molecule has 1 N–H and O–H groups in total. The number of hydrogen-bond acceptors (Lipinski definition) is 5. The summed E-state index contributed by atoms with van der Waals surface area (Å²) in [6.45, 7) is 8.16. The minimum Gasteiger partial charge on any atom is -0.454 e. The summed E-state index contributed by atoms with van der Waals surface area (Å²) in [5.41, 5.74) is 0.659. The number of amides is 1. The van der Waals surface area contributed by atoms with Crippen molar-refractivity contribution < 1.29 is 28.3 Å². The predicted molar refractivity (Wildman–Crippen MR) is 132 cm³/mol. The zero-order valence-corrected chi connectivity index (χ0v) is 20.7. The zero-order valence-electron chi connectivity index (χ0n) is 20.7. The van der Waals surface area contributed by atoms with Gasteiger partial charge in [-0.15, -0.1) is 0 Å². The van der Waals surface area contributed by atoms with Crippen LogP contribution >= 0.6 is 0 Å². The van der Waals surface area contributed by atoms with Crippen LogP contribution in [-0.4, -0.2) is 60.2 Å². The molecule has 0 aliphatic carbocycles. The van der Waals surface area contributed by atoms with Crippen LogP contribution in [0.2, 0.25) is 0 Å². The van der Waals surface area contributed by atoms with E-state index in [1.807, 2.05) is 48.5 Å². The molecule has 2 atom stereocenters. The van der Waals surface area contributed by atoms with Crippen molar-refractivity contribution in [3.63, 3.8) is 0 Å². The Morgan fingerprint density at radius 2 is 1.57 bits per heavy atom. The number of fused-ring (bicyclic) bond motifs is 3. The maximum absolute atomic E-state index is 13.4. The SMILES string of the molecule is CC(C)(C)OC(=O)N[C@@H](C(=O)O[C@H]1C[N+]2(CC(=O)c3ccccc3)CCC1CC2)c1ccccc1. The van der Waals surface area contributed by atoms with Gasteiger partial charge in [-0.2, -0.15) is 0 Å². The quantitative estimate of drug-likeness (QED) is 0.364. The first-order valence-corrected chi connectivity index (χ1v) is 12.3. The van der Waals surface area contributed by atoms with Crippen LogP contribution in [0, 0.1) is 5.92 Å². The van der Waals surface area contributed by atoms with Gasteiger partial charge in [-0.3, -0.25) is 4.79 Å². The van der Waals surface area contributed by atoms with Crippen LogP contribution in [0.5, 0.6) is 0 Å². The first-order chi connectivity index (χ1) is 16.6. The second-order valence-corrected chi connectivity index (χ2v) is 10.7. The number of nitrogens with one attached hydrogen (secondary N) is 1. The standard InChI is InChI=1S/C28H34N2O5/c1-28(2,3)35-27(33)29-25(22-12-8-5-9-13-22)26(32)34-24-19-30(16-14-21(24)15-17-30)18-23(31)20-10-6-4-7-11-20/h4-13,21,24-25H,14-19H2,1-3H3/p+1/t21?,24-,25+,30?/m0/s1. The smallest absolute Gasteiger partial charge is 0.408 e. The van der Waals surface area contributed by atoms with E-state index in [4.69, 9.17) is 9.47 Å². The number of carbonyl (C=O) groups is 3. The molecule has 3 aliphatic rings. The second kappa shape index (κ2) is 10.2. The first-order valence-electron chi connectivity index (χ1n) is 12.3. The summed E-state index contributed by atoms with van der Waals surface area (Å²) in [4.78, 5) is 38.8. The summed E-state index contributed by atoms with van der Waals surface area (Å²) < 4.78 is 12.1. The van der Waals surface area contributed by atoms with Crippen molar-refractivity contribution in [1.82, 2.24) is 5.32 Å². The van der Waals surface area contributed by atoms with Gasteiger partial charge in [-0.05, 0) is 26.3 Å². The molecular formula is C28H35N2O5+. The van der Waals surface area contributed by atoms with Gasteiger partial charge in [0.25, 0.3) is 0 Å². The third-order valence-corrected chi connectivity index (χ3v) is 6.91. The topological polar surface area (TPSA) is 81.7 Å². The number of carbonyl (C=O) groups excluding carboxylic acids is 3. The lowest BCUT2D eigenvalue weighted by Gasteiger charge is -2.51. The highest BCUT2D eigenvalue weighted by atomic mass is 16.6. The van der Waals surface area contributed by atoms with E-state index in [9.17, 15) is 14.4 Å². The van der Waals surface area contributed by atoms with Gasteiger partial charge >= 0.3 is 12.1 Å². The number of nitrogens with zero attached hydrogens (tertiary/aromatic N) is 1. The van der Waals surface area contributed by atoms with E-state index in [0.717, 1.165) is 25.9 Å². The molecule has 7 heteroatoms. The summed E-state index contributed by atoms with van der Waals surface area (Å²) >= 11 is 0. The molecule has 3 aliphatic heterocycles. The molecule has 7 nitrogen and oxygen atoms in total. The average Bonchev–Trinajstić information content (AvgIpc) is 2.83. The van der Waals surface area contributed by atoms with Gasteiger partial charge in [0, 0.05) is 24.3 Å². The number of alkyl carbamates (subject to hydrolysis) is 1. The Hall–Kier alpha value is -3.19. The lowest BCUT2D eigenvalue weighted by atomic mass is 9.82. The molecule has 2 bridgehead atoms. The minimum atomic E-state index is -0.971. The van der Waals surface area contributed by atoms with Crippen molar-refractivity contribution >= 4 is 17.8 Å². The van der Waals surface area contributed by atoms with E-state index in [0.29, 0.717) is 28.7 Å². The van der Waals surface area contributed by atoms with Crippen LogP contribution in [0.15, 0.2) is 60.7 Å². The van der Waals surface area contributed by atoms with Gasteiger partial charge in [0.05, 0.1) is 13.1 Å². The Bertz CT molecular complexity index is 1040. The molecule has 35 heavy (non-hydrogen) atoms. The van der Waals surface area contributed by atoms with Crippen molar-refractivity contribution in [3.05, 3.63) is 71.8 Å². The molecule has 3 saturated heterocycles. The number of ketones is 1. The molecule has 3 heterocycles. The molecule has 0 unspecified atom stereocenters. The normalized spacial score (nSPS) is 24.3.